The molecular formula is C20H26ClF4N3O2. The van der Waals surface area contributed by atoms with Gasteiger partial charge in [0.2, 0.25) is 17.5 Å². The van der Waals surface area contributed by atoms with E-state index in [1.54, 1.807) is 18.3 Å². The normalized spacial score (nSPS) is 18.7. The molecule has 0 saturated heterocycles. The highest BCUT2D eigenvalue weighted by molar-refractivity contribution is 6.31. The number of nitrogens with one attached hydrogen (secondary N) is 2. The lowest BCUT2D eigenvalue weighted by Crippen LogP contribution is -2.49. The second-order valence-electron chi connectivity index (χ2n) is 7.68. The molecule has 0 fully saturated rings. The van der Waals surface area contributed by atoms with Gasteiger partial charge in [0.1, 0.15) is 0 Å². The van der Waals surface area contributed by atoms with Crippen LogP contribution in [0.25, 0.3) is 0 Å². The smallest absolute Gasteiger partial charge is 0.222 e. The van der Waals surface area contributed by atoms with Gasteiger partial charge in [-0.05, 0) is 18.8 Å². The average Bonchev–Trinajstić information content (AvgIpc) is 2.96. The molecule has 5 nitrogen and oxygen atoms in total. The lowest BCUT2D eigenvalue weighted by molar-refractivity contribution is -0.122. The van der Waals surface area contributed by atoms with Crippen LogP contribution in [0.2, 0.25) is 0 Å². The van der Waals surface area contributed by atoms with Crippen LogP contribution in [0.3, 0.4) is 0 Å². The number of amides is 1. The maximum absolute atomic E-state index is 14.3. The first-order chi connectivity index (χ1) is 14.0. The van der Waals surface area contributed by atoms with Crippen LogP contribution in [0.5, 0.6) is 5.75 Å². The van der Waals surface area contributed by atoms with Crippen molar-refractivity contribution in [1.29, 1.82) is 0 Å². The maximum Gasteiger partial charge on any atom is 0.222 e. The Morgan fingerprint density at radius 3 is 2.30 bits per heavy atom. The zero-order valence-corrected chi connectivity index (χ0v) is 18.1. The van der Waals surface area contributed by atoms with E-state index >= 15 is 0 Å². The third kappa shape index (κ3) is 5.18. The Morgan fingerprint density at radius 1 is 1.23 bits per heavy atom. The number of hydrogen-bond acceptors (Lipinski definition) is 4. The molecule has 1 atom stereocenters. The number of carbonyl (C=O) groups is 1. The first-order valence-electron chi connectivity index (χ1n) is 9.65. The van der Waals surface area contributed by atoms with Gasteiger partial charge in [-0.15, -0.1) is 0 Å². The van der Waals surface area contributed by atoms with Crippen molar-refractivity contribution in [2.75, 3.05) is 13.7 Å². The molecule has 2 N–H and O–H groups in total. The van der Waals surface area contributed by atoms with Crippen molar-refractivity contribution in [1.82, 2.24) is 15.8 Å². The number of rotatable bonds is 9. The van der Waals surface area contributed by atoms with Crippen molar-refractivity contribution in [2.24, 2.45) is 5.92 Å². The zero-order valence-electron chi connectivity index (χ0n) is 17.3. The van der Waals surface area contributed by atoms with Gasteiger partial charge in [0.15, 0.2) is 17.4 Å². The number of carbonyl (C=O) groups excluding carboxylic acids is 1. The monoisotopic (exact) mass is 451 g/mol. The molecule has 1 aliphatic rings. The summed E-state index contributed by atoms with van der Waals surface area (Å²) in [7, 11) is 1.71. The van der Waals surface area contributed by atoms with Crippen LogP contribution in [0, 0.1) is 29.2 Å². The van der Waals surface area contributed by atoms with Crippen LogP contribution in [-0.2, 0) is 11.3 Å². The van der Waals surface area contributed by atoms with Gasteiger partial charge in [-0.1, -0.05) is 32.4 Å². The van der Waals surface area contributed by atoms with E-state index in [2.05, 4.69) is 10.7 Å². The van der Waals surface area contributed by atoms with Gasteiger partial charge in [-0.25, -0.2) is 14.2 Å². The third-order valence-corrected chi connectivity index (χ3v) is 5.40. The number of hydrogen-bond donors (Lipinski definition) is 2. The van der Waals surface area contributed by atoms with Crippen molar-refractivity contribution < 1.29 is 27.1 Å². The minimum Gasteiger partial charge on any atom is -0.487 e. The molecule has 0 spiro atoms. The molecule has 2 rings (SSSR count). The summed E-state index contributed by atoms with van der Waals surface area (Å²) in [4.78, 5) is 12.3. The van der Waals surface area contributed by atoms with Crippen LogP contribution in [0.4, 0.5) is 17.6 Å². The van der Waals surface area contributed by atoms with E-state index in [0.717, 1.165) is 0 Å². The minimum atomic E-state index is -1.63. The Hall–Kier alpha value is -2.00. The predicted molar refractivity (Wildman–Crippen MR) is 106 cm³/mol. The summed E-state index contributed by atoms with van der Waals surface area (Å²) in [5, 5.41) is 4.30. The number of benzene rings is 1. The summed E-state index contributed by atoms with van der Waals surface area (Å²) >= 11 is 6.21. The Kier molecular flexibility index (Phi) is 7.99. The van der Waals surface area contributed by atoms with Crippen molar-refractivity contribution in [2.45, 2.75) is 52.1 Å². The third-order valence-electron chi connectivity index (χ3n) is 4.94. The van der Waals surface area contributed by atoms with Gasteiger partial charge < -0.3 is 15.1 Å². The van der Waals surface area contributed by atoms with Crippen molar-refractivity contribution in [3.8, 4) is 5.75 Å². The molecule has 10 heteroatoms. The molecule has 1 heterocycles. The predicted octanol–water partition coefficient (Wildman–Crippen LogP) is 4.35. The first kappa shape index (κ1) is 24.3. The van der Waals surface area contributed by atoms with E-state index in [1.165, 1.54) is 0 Å². The lowest BCUT2D eigenvalue weighted by atomic mass is 9.92. The van der Waals surface area contributed by atoms with Crippen molar-refractivity contribution in [3.05, 3.63) is 40.1 Å². The fourth-order valence-electron chi connectivity index (χ4n) is 3.07. The summed E-state index contributed by atoms with van der Waals surface area (Å²) in [6.45, 7) is 4.74. The van der Waals surface area contributed by atoms with Crippen LogP contribution in [0.15, 0.2) is 11.2 Å². The molecule has 1 aromatic rings. The number of ether oxygens (including phenoxy) is 1. The summed E-state index contributed by atoms with van der Waals surface area (Å²) in [5.74, 6) is -7.96. The van der Waals surface area contributed by atoms with Crippen molar-refractivity contribution >= 4 is 17.5 Å². The van der Waals surface area contributed by atoms with E-state index in [0.29, 0.717) is 17.9 Å². The Bertz CT molecular complexity index is 806. The minimum absolute atomic E-state index is 0.0880. The molecule has 0 radical (unpaired) electrons. The van der Waals surface area contributed by atoms with Gasteiger partial charge in [0, 0.05) is 25.4 Å². The highest BCUT2D eigenvalue weighted by Crippen LogP contribution is 2.33. The molecule has 0 bridgehead atoms. The number of hydrazine groups is 1. The van der Waals surface area contributed by atoms with E-state index in [1.807, 2.05) is 20.8 Å². The average molecular weight is 452 g/mol. The van der Waals surface area contributed by atoms with Crippen LogP contribution in [0.1, 0.15) is 45.6 Å². The molecule has 168 valence electrons. The van der Waals surface area contributed by atoms with Gasteiger partial charge >= 0.3 is 0 Å². The summed E-state index contributed by atoms with van der Waals surface area (Å²) in [5.41, 5.74) is 1.26. The van der Waals surface area contributed by atoms with Gasteiger partial charge in [-0.3, -0.25) is 4.79 Å². The number of nitrogens with zero attached hydrogens (tertiary/aromatic N) is 1. The Balaban J connectivity index is 2.11. The van der Waals surface area contributed by atoms with E-state index in [4.69, 9.17) is 16.3 Å². The molecule has 1 amide bonds. The highest BCUT2D eigenvalue weighted by atomic mass is 35.5. The Labute approximate surface area is 178 Å². The molecule has 0 saturated carbocycles. The van der Waals surface area contributed by atoms with Gasteiger partial charge in [-0.2, -0.15) is 8.78 Å². The van der Waals surface area contributed by atoms with Crippen LogP contribution < -0.4 is 15.5 Å². The molecule has 30 heavy (non-hydrogen) atoms. The van der Waals surface area contributed by atoms with Crippen LogP contribution in [-0.4, -0.2) is 30.1 Å². The fourth-order valence-corrected chi connectivity index (χ4v) is 3.46. The maximum atomic E-state index is 14.3. The van der Waals surface area contributed by atoms with Crippen molar-refractivity contribution in [3.63, 3.8) is 0 Å². The molecular weight excluding hydrogens is 426 g/mol. The van der Waals surface area contributed by atoms with Gasteiger partial charge in [0.25, 0.3) is 0 Å². The zero-order chi connectivity index (χ0) is 22.6. The van der Waals surface area contributed by atoms with E-state index in [-0.39, 0.29) is 18.9 Å². The molecule has 0 aromatic heterocycles. The second-order valence-corrected chi connectivity index (χ2v) is 8.09. The largest absolute Gasteiger partial charge is 0.487 e. The quantitative estimate of drug-likeness (QED) is 0.433. The molecule has 0 aliphatic carbocycles. The summed E-state index contributed by atoms with van der Waals surface area (Å²) < 4.78 is 62.0. The molecule has 1 aromatic carbocycles. The lowest BCUT2D eigenvalue weighted by Gasteiger charge is -2.29. The summed E-state index contributed by atoms with van der Waals surface area (Å²) in [6.07, 6.45) is 2.40. The second kappa shape index (κ2) is 9.87. The SMILES string of the molecule is CCC1(CC(=O)NCc2c(F)c(F)c(OCCC(C)C)c(F)c2F)NN(C)C=C1Cl. The molecule has 1 unspecified atom stereocenters. The topological polar surface area (TPSA) is 53.6 Å². The van der Waals surface area contributed by atoms with E-state index < -0.39 is 52.6 Å². The fraction of sp³-hybridized carbons (Fsp3) is 0.550. The van der Waals surface area contributed by atoms with Gasteiger partial charge in [0.05, 0.1) is 23.6 Å². The molecule has 1 aliphatic heterocycles. The summed E-state index contributed by atoms with van der Waals surface area (Å²) in [6, 6.07) is 0. The highest BCUT2D eigenvalue weighted by Gasteiger charge is 2.39. The first-order valence-corrected chi connectivity index (χ1v) is 10.0. The Morgan fingerprint density at radius 2 is 1.83 bits per heavy atom. The van der Waals surface area contributed by atoms with Crippen LogP contribution >= 0.6 is 11.6 Å². The van der Waals surface area contributed by atoms with E-state index in [9.17, 15) is 22.4 Å². The number of halogens is 5. The standard InChI is InChI=1S/C20H26ClF4N3O2/c1-5-20(13(21)10-28(4)27-20)8-14(29)26-9-12-15(22)17(24)19(18(25)16(12)23)30-7-6-11(2)3/h10-11,27H,5-9H2,1-4H3,(H,26,29).